The Hall–Kier alpha value is -3.31. The Morgan fingerprint density at radius 3 is 2.28 bits per heavy atom. The van der Waals surface area contributed by atoms with Crippen LogP contribution in [0.1, 0.15) is 18.4 Å². The fraction of sp³-hybridized carbons (Fsp3) is 0.423. The maximum atomic E-state index is 13.0. The van der Waals surface area contributed by atoms with Crippen molar-refractivity contribution in [3.8, 4) is 11.1 Å². The second-order valence-electron chi connectivity index (χ2n) is 9.13. The van der Waals surface area contributed by atoms with Gasteiger partial charge in [0.05, 0.1) is 13.2 Å². The van der Waals surface area contributed by atoms with Crippen molar-refractivity contribution < 1.29 is 29.3 Å². The summed E-state index contributed by atoms with van der Waals surface area (Å²) in [5, 5.41) is 22.0. The van der Waals surface area contributed by atoms with Gasteiger partial charge in [0.25, 0.3) is 0 Å². The zero-order valence-electron chi connectivity index (χ0n) is 19.9. The van der Waals surface area contributed by atoms with Crippen LogP contribution in [0, 0.1) is 0 Å². The number of carbonyl (C=O) groups is 3. The molecule has 10 nitrogen and oxygen atoms in total. The summed E-state index contributed by atoms with van der Waals surface area (Å²) < 4.78 is 5.29. The highest BCUT2D eigenvalue weighted by molar-refractivity contribution is 5.87. The molecule has 192 valence electrons. The van der Waals surface area contributed by atoms with E-state index < -0.39 is 30.2 Å². The number of ether oxygens (including phenoxy) is 1. The Kier molecular flexibility index (Phi) is 8.65. The smallest absolute Gasteiger partial charge is 0.332 e. The lowest BCUT2D eigenvalue weighted by Crippen LogP contribution is -2.50. The summed E-state index contributed by atoms with van der Waals surface area (Å²) in [6.07, 6.45) is -1.13. The molecule has 10 heteroatoms. The van der Waals surface area contributed by atoms with Crippen molar-refractivity contribution in [2.75, 3.05) is 26.3 Å². The van der Waals surface area contributed by atoms with Crippen LogP contribution in [0.4, 0.5) is 0 Å². The third-order valence-corrected chi connectivity index (χ3v) is 6.52. The second-order valence-corrected chi connectivity index (χ2v) is 9.13. The van der Waals surface area contributed by atoms with Crippen LogP contribution in [0.2, 0.25) is 0 Å². The Balaban J connectivity index is 1.38. The highest BCUT2D eigenvalue weighted by Crippen LogP contribution is 2.20. The molecule has 2 saturated heterocycles. The first-order chi connectivity index (χ1) is 17.4. The van der Waals surface area contributed by atoms with Crippen LogP contribution in [-0.2, 0) is 25.5 Å². The number of hydrogen-bond donors (Lipinski definition) is 5. The van der Waals surface area contributed by atoms with Crippen molar-refractivity contribution in [2.45, 2.75) is 43.5 Å². The van der Waals surface area contributed by atoms with E-state index in [1.54, 1.807) is 4.90 Å². The van der Waals surface area contributed by atoms with Gasteiger partial charge >= 0.3 is 5.97 Å². The molecule has 36 heavy (non-hydrogen) atoms. The first-order valence-electron chi connectivity index (χ1n) is 12.1. The molecule has 0 radical (unpaired) electrons. The maximum Gasteiger partial charge on any atom is 0.332 e. The summed E-state index contributed by atoms with van der Waals surface area (Å²) in [4.78, 5) is 38.7. The molecule has 2 aromatic rings. The van der Waals surface area contributed by atoms with Gasteiger partial charge in [0.2, 0.25) is 11.8 Å². The van der Waals surface area contributed by atoms with Gasteiger partial charge in [-0.2, -0.15) is 0 Å². The van der Waals surface area contributed by atoms with Gasteiger partial charge < -0.3 is 25.2 Å². The molecule has 0 spiro atoms. The summed E-state index contributed by atoms with van der Waals surface area (Å²) in [7, 11) is 0. The molecule has 2 aliphatic heterocycles. The number of hydrazine groups is 1. The summed E-state index contributed by atoms with van der Waals surface area (Å²) in [6.45, 7) is 2.03. The molecular formula is C26H32N4O6. The van der Waals surface area contributed by atoms with Crippen LogP contribution in [0.5, 0.6) is 0 Å². The third kappa shape index (κ3) is 6.67. The molecule has 2 heterocycles. The molecule has 2 aliphatic rings. The van der Waals surface area contributed by atoms with Crippen LogP contribution in [-0.4, -0.2) is 83.4 Å². The number of aliphatic hydroxyl groups is 1. The van der Waals surface area contributed by atoms with E-state index in [0.29, 0.717) is 32.7 Å². The molecular weight excluding hydrogens is 464 g/mol. The molecule has 3 unspecified atom stereocenters. The SMILES string of the molecule is O=C(NC(Cc1ccc(-c2ccccc2)cc1)C[C@@H](O)C(=O)O)C1CC(C(=O)N2CCOCC2)NN1. The molecule has 5 N–H and O–H groups in total. The maximum absolute atomic E-state index is 13.0. The first kappa shape index (κ1) is 25.8. The van der Waals surface area contributed by atoms with E-state index in [2.05, 4.69) is 16.2 Å². The predicted molar refractivity (Wildman–Crippen MR) is 132 cm³/mol. The largest absolute Gasteiger partial charge is 0.479 e. The number of nitrogens with zero attached hydrogens (tertiary/aromatic N) is 1. The molecule has 4 atom stereocenters. The Morgan fingerprint density at radius 2 is 1.61 bits per heavy atom. The Bertz CT molecular complexity index is 1040. The van der Waals surface area contributed by atoms with Gasteiger partial charge in [-0.1, -0.05) is 54.6 Å². The molecule has 0 bridgehead atoms. The highest BCUT2D eigenvalue weighted by atomic mass is 16.5. The number of aliphatic carboxylic acids is 1. The monoisotopic (exact) mass is 496 g/mol. The summed E-state index contributed by atoms with van der Waals surface area (Å²) in [6, 6.07) is 15.9. The number of morpholine rings is 1. The molecule has 2 amide bonds. The van der Waals surface area contributed by atoms with Crippen molar-refractivity contribution in [3.63, 3.8) is 0 Å². The van der Waals surface area contributed by atoms with Crippen LogP contribution in [0.3, 0.4) is 0 Å². The Morgan fingerprint density at radius 1 is 0.972 bits per heavy atom. The van der Waals surface area contributed by atoms with Crippen molar-refractivity contribution in [1.82, 2.24) is 21.1 Å². The fourth-order valence-electron chi connectivity index (χ4n) is 4.51. The van der Waals surface area contributed by atoms with E-state index >= 15 is 0 Å². The molecule has 2 aromatic carbocycles. The molecule has 0 saturated carbocycles. The van der Waals surface area contributed by atoms with Gasteiger partial charge in [-0.25, -0.2) is 15.6 Å². The van der Waals surface area contributed by atoms with Gasteiger partial charge in [0, 0.05) is 25.6 Å². The number of amides is 2. The number of hydrogen-bond acceptors (Lipinski definition) is 7. The number of nitrogens with one attached hydrogen (secondary N) is 3. The molecule has 4 rings (SSSR count). The van der Waals surface area contributed by atoms with Crippen LogP contribution < -0.4 is 16.2 Å². The van der Waals surface area contributed by atoms with Crippen molar-refractivity contribution in [1.29, 1.82) is 0 Å². The van der Waals surface area contributed by atoms with Gasteiger partial charge in [0.15, 0.2) is 6.10 Å². The van der Waals surface area contributed by atoms with Gasteiger partial charge in [-0.05, 0) is 29.5 Å². The van der Waals surface area contributed by atoms with Gasteiger partial charge in [-0.15, -0.1) is 0 Å². The Labute approximate surface area is 209 Å². The zero-order valence-corrected chi connectivity index (χ0v) is 19.9. The van der Waals surface area contributed by atoms with Crippen LogP contribution in [0.25, 0.3) is 11.1 Å². The van der Waals surface area contributed by atoms with Crippen molar-refractivity contribution in [2.24, 2.45) is 0 Å². The lowest BCUT2D eigenvalue weighted by molar-refractivity contribution is -0.147. The van der Waals surface area contributed by atoms with Gasteiger partial charge in [-0.3, -0.25) is 9.59 Å². The predicted octanol–water partition coefficient (Wildman–Crippen LogP) is 0.310. The van der Waals surface area contributed by atoms with E-state index in [1.807, 2.05) is 54.6 Å². The number of carbonyl (C=O) groups excluding carboxylic acids is 2. The first-order valence-corrected chi connectivity index (χ1v) is 12.1. The number of rotatable bonds is 9. The average molecular weight is 497 g/mol. The summed E-state index contributed by atoms with van der Waals surface area (Å²) >= 11 is 0. The average Bonchev–Trinajstić information content (AvgIpc) is 3.40. The third-order valence-electron chi connectivity index (χ3n) is 6.52. The van der Waals surface area contributed by atoms with E-state index in [-0.39, 0.29) is 24.7 Å². The van der Waals surface area contributed by atoms with Crippen molar-refractivity contribution in [3.05, 3.63) is 60.2 Å². The number of carboxylic acids is 1. The number of carboxylic acid groups (broad SMARTS) is 1. The van der Waals surface area contributed by atoms with E-state index in [4.69, 9.17) is 4.74 Å². The molecule has 2 fully saturated rings. The summed E-state index contributed by atoms with van der Waals surface area (Å²) in [5.74, 6) is -1.79. The highest BCUT2D eigenvalue weighted by Gasteiger charge is 2.36. The zero-order chi connectivity index (χ0) is 25.5. The van der Waals surface area contributed by atoms with Crippen LogP contribution >= 0.6 is 0 Å². The van der Waals surface area contributed by atoms with E-state index in [1.165, 1.54) is 0 Å². The van der Waals surface area contributed by atoms with E-state index in [0.717, 1.165) is 16.7 Å². The second kappa shape index (κ2) is 12.1. The fourth-order valence-corrected chi connectivity index (χ4v) is 4.51. The number of benzene rings is 2. The lowest BCUT2D eigenvalue weighted by atomic mass is 9.97. The van der Waals surface area contributed by atoms with Gasteiger partial charge in [0.1, 0.15) is 12.1 Å². The standard InChI is InChI=1S/C26H32N4O6/c31-23(26(34)35)15-20(14-17-6-8-19(9-7-17)18-4-2-1-3-5-18)27-24(32)21-16-22(29-28-21)25(33)30-10-12-36-13-11-30/h1-9,20-23,28-29,31H,10-16H2,(H,27,32)(H,34,35)/t20?,21?,22?,23-/m1/s1. The summed E-state index contributed by atoms with van der Waals surface area (Å²) in [5.41, 5.74) is 8.80. The topological polar surface area (TPSA) is 140 Å². The number of aliphatic hydroxyl groups excluding tert-OH is 1. The normalized spacial score (nSPS) is 21.5. The quantitative estimate of drug-likeness (QED) is 0.334. The van der Waals surface area contributed by atoms with Crippen LogP contribution in [0.15, 0.2) is 54.6 Å². The van der Waals surface area contributed by atoms with E-state index in [9.17, 15) is 24.6 Å². The lowest BCUT2D eigenvalue weighted by Gasteiger charge is -2.28. The minimum absolute atomic E-state index is 0.0857. The minimum Gasteiger partial charge on any atom is -0.479 e. The van der Waals surface area contributed by atoms with Crippen molar-refractivity contribution >= 4 is 17.8 Å². The minimum atomic E-state index is -1.61. The molecule has 0 aliphatic carbocycles. The molecule has 0 aromatic heterocycles.